The number of aliphatic hydroxyl groups is 1. The number of anilines is 1. The highest BCUT2D eigenvalue weighted by molar-refractivity contribution is 6.51. The SMILES string of the molecule is COC(=O)c1cccc(N2C(=O)C(=O)/C(=C(/O)c3ccc(C)c(C)c3)C2c2ccc(C(C)(C)C)cc2)c1. The van der Waals surface area contributed by atoms with Gasteiger partial charge in [0.15, 0.2) is 0 Å². The summed E-state index contributed by atoms with van der Waals surface area (Å²) in [5, 5.41) is 11.4. The summed E-state index contributed by atoms with van der Waals surface area (Å²) in [6, 6.07) is 18.6. The highest BCUT2D eigenvalue weighted by Crippen LogP contribution is 2.43. The Labute approximate surface area is 217 Å². The van der Waals surface area contributed by atoms with Gasteiger partial charge in [-0.2, -0.15) is 0 Å². The molecule has 1 aliphatic rings. The van der Waals surface area contributed by atoms with Gasteiger partial charge in [0.2, 0.25) is 0 Å². The largest absolute Gasteiger partial charge is 0.507 e. The van der Waals surface area contributed by atoms with Crippen molar-refractivity contribution in [3.05, 3.63) is 106 Å². The van der Waals surface area contributed by atoms with Crippen LogP contribution >= 0.6 is 0 Å². The fourth-order valence-electron chi connectivity index (χ4n) is 4.52. The lowest BCUT2D eigenvalue weighted by Gasteiger charge is -2.27. The van der Waals surface area contributed by atoms with Crippen molar-refractivity contribution < 1.29 is 24.2 Å². The third-order valence-electron chi connectivity index (χ3n) is 6.86. The van der Waals surface area contributed by atoms with E-state index in [4.69, 9.17) is 4.74 Å². The van der Waals surface area contributed by atoms with Crippen LogP contribution in [-0.2, 0) is 19.7 Å². The molecule has 0 saturated carbocycles. The van der Waals surface area contributed by atoms with Gasteiger partial charge in [0.05, 0.1) is 24.3 Å². The molecule has 1 saturated heterocycles. The van der Waals surface area contributed by atoms with Crippen molar-refractivity contribution in [3.63, 3.8) is 0 Å². The summed E-state index contributed by atoms with van der Waals surface area (Å²) in [4.78, 5) is 40.4. The second-order valence-corrected chi connectivity index (χ2v) is 10.4. The predicted molar refractivity (Wildman–Crippen MR) is 144 cm³/mol. The standard InChI is InChI=1S/C31H31NO5/c1-18-10-11-21(16-19(18)2)27(33)25-26(20-12-14-23(15-13-20)31(3,4)5)32(29(35)28(25)34)24-9-7-8-22(17-24)30(36)37-6/h7-17,26,33H,1-6H3/b27-25+. The number of methoxy groups -OCH3 is 1. The number of Topliss-reactive ketones (excluding diaryl/α,β-unsaturated/α-hetero) is 1. The van der Waals surface area contributed by atoms with Crippen LogP contribution in [0.4, 0.5) is 5.69 Å². The molecule has 1 N–H and O–H groups in total. The van der Waals surface area contributed by atoms with Gasteiger partial charge in [-0.1, -0.05) is 63.2 Å². The van der Waals surface area contributed by atoms with Gasteiger partial charge in [-0.15, -0.1) is 0 Å². The molecule has 0 spiro atoms. The Hall–Kier alpha value is -4.19. The highest BCUT2D eigenvalue weighted by Gasteiger charge is 2.47. The number of hydrogen-bond donors (Lipinski definition) is 1. The van der Waals surface area contributed by atoms with Crippen LogP contribution in [0.15, 0.2) is 72.3 Å². The molecule has 0 bridgehead atoms. The number of aryl methyl sites for hydroxylation is 2. The fourth-order valence-corrected chi connectivity index (χ4v) is 4.52. The number of ether oxygens (including phenoxy) is 1. The van der Waals surface area contributed by atoms with Crippen LogP contribution in [0.1, 0.15) is 65.0 Å². The molecule has 190 valence electrons. The minimum Gasteiger partial charge on any atom is -0.507 e. The van der Waals surface area contributed by atoms with Gasteiger partial charge < -0.3 is 9.84 Å². The molecule has 3 aromatic carbocycles. The zero-order valence-corrected chi connectivity index (χ0v) is 22.0. The normalized spacial score (nSPS) is 17.2. The van der Waals surface area contributed by atoms with Crippen molar-refractivity contribution >= 4 is 29.1 Å². The lowest BCUT2D eigenvalue weighted by atomic mass is 9.85. The summed E-state index contributed by atoms with van der Waals surface area (Å²) < 4.78 is 4.84. The quantitative estimate of drug-likeness (QED) is 0.206. The molecule has 3 aromatic rings. The van der Waals surface area contributed by atoms with Crippen molar-refractivity contribution in [2.45, 2.75) is 46.1 Å². The predicted octanol–water partition coefficient (Wildman–Crippen LogP) is 6.01. The number of carbonyl (C=O) groups excluding carboxylic acids is 3. The van der Waals surface area contributed by atoms with Crippen LogP contribution in [0.5, 0.6) is 0 Å². The lowest BCUT2D eigenvalue weighted by molar-refractivity contribution is -0.132. The third-order valence-corrected chi connectivity index (χ3v) is 6.86. The number of rotatable bonds is 4. The Kier molecular flexibility index (Phi) is 6.78. The second-order valence-electron chi connectivity index (χ2n) is 10.4. The van der Waals surface area contributed by atoms with E-state index in [0.29, 0.717) is 16.8 Å². The molecule has 0 radical (unpaired) electrons. The van der Waals surface area contributed by atoms with Crippen LogP contribution in [0.3, 0.4) is 0 Å². The maximum absolute atomic E-state index is 13.4. The first-order valence-electron chi connectivity index (χ1n) is 12.1. The summed E-state index contributed by atoms with van der Waals surface area (Å²) >= 11 is 0. The lowest BCUT2D eigenvalue weighted by Crippen LogP contribution is -2.29. The van der Waals surface area contributed by atoms with Gasteiger partial charge in [-0.05, 0) is 65.8 Å². The van der Waals surface area contributed by atoms with Crippen molar-refractivity contribution in [2.75, 3.05) is 12.0 Å². The van der Waals surface area contributed by atoms with Crippen LogP contribution in [-0.4, -0.2) is 29.9 Å². The number of hydrogen-bond acceptors (Lipinski definition) is 5. The molecular formula is C31H31NO5. The van der Waals surface area contributed by atoms with Gasteiger partial charge in [0, 0.05) is 11.3 Å². The number of carbonyl (C=O) groups is 3. The smallest absolute Gasteiger partial charge is 0.337 e. The fraction of sp³-hybridized carbons (Fsp3) is 0.258. The summed E-state index contributed by atoms with van der Waals surface area (Å²) in [5.41, 5.74) is 4.74. The molecule has 1 amide bonds. The van der Waals surface area contributed by atoms with Crippen LogP contribution in [0.2, 0.25) is 0 Å². The Balaban J connectivity index is 1.94. The van der Waals surface area contributed by atoms with E-state index in [-0.39, 0.29) is 22.3 Å². The zero-order valence-electron chi connectivity index (χ0n) is 22.0. The molecule has 0 aliphatic carbocycles. The minimum atomic E-state index is -0.886. The van der Waals surface area contributed by atoms with Crippen molar-refractivity contribution in [2.24, 2.45) is 0 Å². The molecule has 0 aromatic heterocycles. The Morgan fingerprint density at radius 3 is 2.16 bits per heavy atom. The summed E-state index contributed by atoms with van der Waals surface area (Å²) in [7, 11) is 1.28. The minimum absolute atomic E-state index is 0.000216. The Morgan fingerprint density at radius 1 is 0.892 bits per heavy atom. The number of benzene rings is 3. The molecule has 1 heterocycles. The monoisotopic (exact) mass is 497 g/mol. The molecular weight excluding hydrogens is 466 g/mol. The summed E-state index contributed by atoms with van der Waals surface area (Å²) in [5.74, 6) is -2.36. The van der Waals surface area contributed by atoms with Gasteiger partial charge in [0.25, 0.3) is 11.7 Å². The van der Waals surface area contributed by atoms with Crippen LogP contribution in [0, 0.1) is 13.8 Å². The first-order chi connectivity index (χ1) is 17.4. The number of esters is 1. The zero-order chi connectivity index (χ0) is 27.1. The van der Waals surface area contributed by atoms with E-state index in [1.165, 1.54) is 18.1 Å². The van der Waals surface area contributed by atoms with Crippen molar-refractivity contribution in [1.29, 1.82) is 0 Å². The highest BCUT2D eigenvalue weighted by atomic mass is 16.5. The average Bonchev–Trinajstić information content (AvgIpc) is 3.14. The number of amides is 1. The van der Waals surface area contributed by atoms with Crippen LogP contribution in [0.25, 0.3) is 5.76 Å². The molecule has 1 atom stereocenters. The van der Waals surface area contributed by atoms with Gasteiger partial charge in [-0.25, -0.2) is 4.79 Å². The van der Waals surface area contributed by atoms with E-state index < -0.39 is 23.7 Å². The first kappa shape index (κ1) is 25.9. The molecule has 37 heavy (non-hydrogen) atoms. The Morgan fingerprint density at radius 2 is 1.57 bits per heavy atom. The average molecular weight is 498 g/mol. The first-order valence-corrected chi connectivity index (χ1v) is 12.1. The van der Waals surface area contributed by atoms with Crippen molar-refractivity contribution in [1.82, 2.24) is 0 Å². The van der Waals surface area contributed by atoms with Gasteiger partial charge >= 0.3 is 5.97 Å². The number of nitrogens with zero attached hydrogens (tertiary/aromatic N) is 1. The maximum Gasteiger partial charge on any atom is 0.337 e. The van der Waals surface area contributed by atoms with E-state index >= 15 is 0 Å². The second kappa shape index (κ2) is 9.69. The number of aliphatic hydroxyl groups excluding tert-OH is 1. The van der Waals surface area contributed by atoms with E-state index in [1.54, 1.807) is 30.3 Å². The van der Waals surface area contributed by atoms with E-state index in [1.807, 2.05) is 44.2 Å². The van der Waals surface area contributed by atoms with E-state index in [9.17, 15) is 19.5 Å². The summed E-state index contributed by atoms with van der Waals surface area (Å²) in [6.45, 7) is 10.2. The maximum atomic E-state index is 13.4. The Bertz CT molecular complexity index is 1430. The number of ketones is 1. The molecule has 1 fully saturated rings. The molecule has 4 rings (SSSR count). The van der Waals surface area contributed by atoms with E-state index in [2.05, 4.69) is 20.8 Å². The van der Waals surface area contributed by atoms with Crippen LogP contribution < -0.4 is 4.90 Å². The molecule has 1 aliphatic heterocycles. The third kappa shape index (κ3) is 4.79. The molecule has 6 heteroatoms. The van der Waals surface area contributed by atoms with E-state index in [0.717, 1.165) is 16.7 Å². The topological polar surface area (TPSA) is 83.9 Å². The van der Waals surface area contributed by atoms with Gasteiger partial charge in [-0.3, -0.25) is 14.5 Å². The van der Waals surface area contributed by atoms with Crippen molar-refractivity contribution in [3.8, 4) is 0 Å². The molecule has 1 unspecified atom stereocenters. The molecule has 6 nitrogen and oxygen atoms in total. The summed E-state index contributed by atoms with van der Waals surface area (Å²) in [6.07, 6.45) is 0. The van der Waals surface area contributed by atoms with Gasteiger partial charge in [0.1, 0.15) is 5.76 Å².